The minimum atomic E-state index is -1.05. The summed E-state index contributed by atoms with van der Waals surface area (Å²) in [6.07, 6.45) is 4.66. The molecule has 2 heterocycles. The molecule has 12 heteroatoms. The van der Waals surface area contributed by atoms with E-state index in [1.807, 2.05) is 24.3 Å². The molecule has 1 aromatic carbocycles. The lowest BCUT2D eigenvalue weighted by molar-refractivity contribution is -0.135. The van der Waals surface area contributed by atoms with Crippen LogP contribution in [-0.4, -0.2) is 85.1 Å². The Morgan fingerprint density at radius 2 is 2.08 bits per heavy atom. The summed E-state index contributed by atoms with van der Waals surface area (Å²) in [6, 6.07) is 7.64. The Hall–Kier alpha value is -4.32. The van der Waals surface area contributed by atoms with E-state index in [1.54, 1.807) is 18.1 Å². The number of likely N-dealkylation sites (tertiary alicyclic amines) is 1. The first-order valence-corrected chi connectivity index (χ1v) is 13.1. The van der Waals surface area contributed by atoms with Crippen molar-refractivity contribution in [2.45, 2.75) is 38.7 Å². The van der Waals surface area contributed by atoms with Gasteiger partial charge < -0.3 is 40.3 Å². The first-order chi connectivity index (χ1) is 19.3. The number of methoxy groups -OCH3 is 2. The number of aromatic amines is 1. The number of hydrogen-bond donors (Lipinski definition) is 4. The van der Waals surface area contributed by atoms with Gasteiger partial charge in [0.2, 0.25) is 0 Å². The van der Waals surface area contributed by atoms with Crippen LogP contribution < -0.4 is 20.5 Å². The van der Waals surface area contributed by atoms with Crippen molar-refractivity contribution in [3.63, 3.8) is 0 Å². The van der Waals surface area contributed by atoms with Gasteiger partial charge in [0, 0.05) is 20.2 Å². The second-order valence-corrected chi connectivity index (χ2v) is 9.27. The van der Waals surface area contributed by atoms with E-state index in [-0.39, 0.29) is 41.8 Å². The number of carbonyl (C=O) groups excluding carboxylic acids is 1. The van der Waals surface area contributed by atoms with Crippen LogP contribution in [0.2, 0.25) is 0 Å². The molecular formula is C28H38N6O6. The molecule has 1 aliphatic rings. The zero-order chi connectivity index (χ0) is 29.1. The van der Waals surface area contributed by atoms with Crippen molar-refractivity contribution in [1.29, 1.82) is 0 Å². The second-order valence-electron chi connectivity index (χ2n) is 9.27. The number of nitrogens with one attached hydrogen (secondary N) is 2. The number of imidazole rings is 1. The minimum absolute atomic E-state index is 0.0254. The summed E-state index contributed by atoms with van der Waals surface area (Å²) >= 11 is 0. The van der Waals surface area contributed by atoms with Crippen LogP contribution in [0, 0.1) is 0 Å². The monoisotopic (exact) mass is 554 g/mol. The number of carboxylic acids is 1. The molecule has 1 fully saturated rings. The van der Waals surface area contributed by atoms with E-state index in [0.29, 0.717) is 37.4 Å². The average molecular weight is 555 g/mol. The number of aliphatic carboxylic acids is 1. The standard InChI is InChI=1S/C28H38N6O6/c1-5-6-13-40-20-9-7-18(8-10-20)14-19(15-22(29)28(37)34-12-11-21(17-34)38-3)24(30-2)25-32-26(27(33-25)39-4)31-16-23(35)36/h7-10,15,21,31H,2,5-6,11-14,16-17,29H2,1,3-4H3,(H,32,33)(H,35,36)/b22-15-,24-19-. The number of aliphatic imine (C=N–C) groups is 1. The summed E-state index contributed by atoms with van der Waals surface area (Å²) in [5.41, 5.74) is 8.18. The number of ether oxygens (including phenoxy) is 3. The van der Waals surface area contributed by atoms with Crippen LogP contribution in [0.3, 0.4) is 0 Å². The number of nitrogens with zero attached hydrogens (tertiary/aromatic N) is 3. The van der Waals surface area contributed by atoms with E-state index in [2.05, 4.69) is 33.9 Å². The smallest absolute Gasteiger partial charge is 0.322 e. The molecule has 12 nitrogen and oxygen atoms in total. The third-order valence-electron chi connectivity index (χ3n) is 6.39. The number of anilines is 1. The van der Waals surface area contributed by atoms with Crippen LogP contribution >= 0.6 is 0 Å². The molecule has 1 saturated heterocycles. The van der Waals surface area contributed by atoms with Crippen molar-refractivity contribution < 1.29 is 28.9 Å². The minimum Gasteiger partial charge on any atom is -0.494 e. The van der Waals surface area contributed by atoms with Crippen LogP contribution in [0.15, 0.2) is 46.6 Å². The van der Waals surface area contributed by atoms with E-state index < -0.39 is 5.97 Å². The van der Waals surface area contributed by atoms with Crippen LogP contribution in [-0.2, 0) is 20.7 Å². The molecule has 1 aliphatic heterocycles. The maximum atomic E-state index is 13.1. The highest BCUT2D eigenvalue weighted by Crippen LogP contribution is 2.29. The number of benzene rings is 1. The molecule has 1 aromatic heterocycles. The number of unbranched alkanes of at least 4 members (excludes halogenated alkanes) is 1. The molecule has 0 saturated carbocycles. The first-order valence-electron chi connectivity index (χ1n) is 13.1. The summed E-state index contributed by atoms with van der Waals surface area (Å²) in [5, 5.41) is 11.8. The van der Waals surface area contributed by atoms with Crippen molar-refractivity contribution >= 4 is 30.1 Å². The average Bonchev–Trinajstić information content (AvgIpc) is 3.60. The summed E-state index contributed by atoms with van der Waals surface area (Å²) < 4.78 is 16.5. The van der Waals surface area contributed by atoms with Crippen LogP contribution in [0.1, 0.15) is 37.6 Å². The van der Waals surface area contributed by atoms with Crippen molar-refractivity contribution in [2.75, 3.05) is 45.8 Å². The van der Waals surface area contributed by atoms with Gasteiger partial charge in [-0.1, -0.05) is 25.5 Å². The molecule has 1 atom stereocenters. The lowest BCUT2D eigenvalue weighted by Crippen LogP contribution is -2.33. The Labute approximate surface area is 233 Å². The number of carbonyl (C=O) groups is 2. The number of amides is 1. The highest BCUT2D eigenvalue weighted by molar-refractivity contribution is 5.93. The largest absolute Gasteiger partial charge is 0.494 e. The summed E-state index contributed by atoms with van der Waals surface area (Å²) in [5.74, 6) is 0.102. The molecule has 0 radical (unpaired) electrons. The van der Waals surface area contributed by atoms with E-state index in [9.17, 15) is 9.59 Å². The second kappa shape index (κ2) is 14.7. The van der Waals surface area contributed by atoms with Crippen molar-refractivity contribution in [1.82, 2.24) is 14.9 Å². The van der Waals surface area contributed by atoms with Gasteiger partial charge in [-0.05, 0) is 55.3 Å². The lowest BCUT2D eigenvalue weighted by atomic mass is 10.0. The zero-order valence-corrected chi connectivity index (χ0v) is 23.2. The molecule has 0 spiro atoms. The fraction of sp³-hybridized carbons (Fsp3) is 0.429. The molecule has 1 unspecified atom stereocenters. The number of hydrogen-bond acceptors (Lipinski definition) is 9. The van der Waals surface area contributed by atoms with Gasteiger partial charge in [-0.3, -0.25) is 14.6 Å². The number of rotatable bonds is 15. The lowest BCUT2D eigenvalue weighted by Gasteiger charge is -2.17. The van der Waals surface area contributed by atoms with Gasteiger partial charge in [0.25, 0.3) is 11.8 Å². The maximum absolute atomic E-state index is 13.1. The molecule has 0 aliphatic carbocycles. The Kier molecular flexibility index (Phi) is 11.1. The van der Waals surface area contributed by atoms with Crippen LogP contribution in [0.25, 0.3) is 5.70 Å². The number of aromatic nitrogens is 2. The molecule has 2 aromatic rings. The Morgan fingerprint density at radius 1 is 1.32 bits per heavy atom. The summed E-state index contributed by atoms with van der Waals surface area (Å²) in [6.45, 7) is 7.13. The highest BCUT2D eigenvalue weighted by atomic mass is 16.5. The van der Waals surface area contributed by atoms with Crippen molar-refractivity contribution in [3.05, 3.63) is 53.0 Å². The van der Waals surface area contributed by atoms with E-state index in [0.717, 1.165) is 30.6 Å². The van der Waals surface area contributed by atoms with Gasteiger partial charge in [-0.2, -0.15) is 4.98 Å². The maximum Gasteiger partial charge on any atom is 0.322 e. The number of H-pyrrole nitrogens is 1. The highest BCUT2D eigenvalue weighted by Gasteiger charge is 2.27. The number of allylic oxidation sites excluding steroid dienone is 2. The predicted octanol–water partition coefficient (Wildman–Crippen LogP) is 2.84. The Balaban J connectivity index is 1.98. The zero-order valence-electron chi connectivity index (χ0n) is 23.2. The molecule has 216 valence electrons. The topological polar surface area (TPSA) is 164 Å². The quantitative estimate of drug-likeness (QED) is 0.112. The predicted molar refractivity (Wildman–Crippen MR) is 153 cm³/mol. The van der Waals surface area contributed by atoms with E-state index >= 15 is 0 Å². The van der Waals surface area contributed by atoms with Crippen LogP contribution in [0.5, 0.6) is 11.6 Å². The van der Waals surface area contributed by atoms with E-state index in [4.69, 9.17) is 25.1 Å². The number of nitrogens with two attached hydrogens (primary N) is 1. The summed E-state index contributed by atoms with van der Waals surface area (Å²) in [4.78, 5) is 37.5. The Morgan fingerprint density at radius 3 is 2.67 bits per heavy atom. The Bertz CT molecular complexity index is 1240. The van der Waals surface area contributed by atoms with Gasteiger partial charge in [0.05, 0.1) is 25.5 Å². The molecule has 5 N–H and O–H groups in total. The van der Waals surface area contributed by atoms with Crippen LogP contribution in [0.4, 0.5) is 5.82 Å². The molecule has 3 rings (SSSR count). The van der Waals surface area contributed by atoms with Gasteiger partial charge in [0.1, 0.15) is 18.0 Å². The van der Waals surface area contributed by atoms with Gasteiger partial charge in [0.15, 0.2) is 11.6 Å². The third kappa shape index (κ3) is 8.09. The van der Waals surface area contributed by atoms with Crippen molar-refractivity contribution in [2.24, 2.45) is 10.7 Å². The first kappa shape index (κ1) is 30.2. The van der Waals surface area contributed by atoms with Gasteiger partial charge >= 0.3 is 5.97 Å². The summed E-state index contributed by atoms with van der Waals surface area (Å²) in [7, 11) is 3.04. The number of carboxylic acid groups (broad SMARTS) is 1. The molecule has 1 amide bonds. The van der Waals surface area contributed by atoms with Gasteiger partial charge in [-0.15, -0.1) is 0 Å². The van der Waals surface area contributed by atoms with Gasteiger partial charge in [-0.25, -0.2) is 0 Å². The van der Waals surface area contributed by atoms with E-state index in [1.165, 1.54) is 7.11 Å². The molecule has 40 heavy (non-hydrogen) atoms. The van der Waals surface area contributed by atoms with Crippen molar-refractivity contribution in [3.8, 4) is 11.6 Å². The third-order valence-corrected chi connectivity index (χ3v) is 6.39. The normalized spacial score (nSPS) is 15.9. The molecular weight excluding hydrogens is 516 g/mol. The molecule has 0 bridgehead atoms. The fourth-order valence-electron chi connectivity index (χ4n) is 4.23. The SMILES string of the molecule is C=N/C(=C(\C=C(/N)C(=O)N1CCC(OC)C1)Cc1ccc(OCCCC)cc1)c1nc(OC)c(NCC(=O)O)[nH]1. The fourth-order valence-corrected chi connectivity index (χ4v) is 4.23.